The van der Waals surface area contributed by atoms with Gasteiger partial charge in [-0.15, -0.1) is 0 Å². The third-order valence-corrected chi connectivity index (χ3v) is 7.91. The number of anilines is 1. The summed E-state index contributed by atoms with van der Waals surface area (Å²) in [6.07, 6.45) is -3.74. The first kappa shape index (κ1) is 31.4. The van der Waals surface area contributed by atoms with Crippen molar-refractivity contribution in [3.63, 3.8) is 0 Å². The van der Waals surface area contributed by atoms with E-state index in [0.717, 1.165) is 29.5 Å². The molecule has 0 aliphatic carbocycles. The Balaban J connectivity index is 1.24. The average molecular weight is 637 g/mol. The van der Waals surface area contributed by atoms with Crippen LogP contribution in [0.15, 0.2) is 107 Å². The Morgan fingerprint density at radius 1 is 1.00 bits per heavy atom. The zero-order chi connectivity index (χ0) is 32.0. The lowest BCUT2D eigenvalue weighted by Crippen LogP contribution is -2.41. The van der Waals surface area contributed by atoms with Crippen molar-refractivity contribution in [3.05, 3.63) is 120 Å². The summed E-state index contributed by atoms with van der Waals surface area (Å²) in [5.41, 5.74) is 1.34. The van der Waals surface area contributed by atoms with E-state index in [0.29, 0.717) is 22.2 Å². The van der Waals surface area contributed by atoms with Crippen LogP contribution in [0.1, 0.15) is 34.6 Å². The van der Waals surface area contributed by atoms with E-state index in [9.17, 15) is 27.6 Å². The minimum absolute atomic E-state index is 0.0656. The summed E-state index contributed by atoms with van der Waals surface area (Å²) in [6, 6.07) is 22.6. The van der Waals surface area contributed by atoms with Gasteiger partial charge >= 0.3 is 12.3 Å². The van der Waals surface area contributed by atoms with Gasteiger partial charge in [0.05, 0.1) is 24.1 Å². The highest BCUT2D eigenvalue weighted by molar-refractivity contribution is 8.15. The van der Waals surface area contributed by atoms with Crippen LogP contribution in [0.4, 0.5) is 29.3 Å². The minimum atomic E-state index is -4.48. The Hall–Kier alpha value is -5.04. The van der Waals surface area contributed by atoms with Crippen LogP contribution in [0.25, 0.3) is 0 Å². The fourth-order valence-electron chi connectivity index (χ4n) is 4.29. The number of carbonyl (C=O) groups excluding carboxylic acids is 3. The number of rotatable bonds is 9. The summed E-state index contributed by atoms with van der Waals surface area (Å²) < 4.78 is 49.6. The van der Waals surface area contributed by atoms with Gasteiger partial charge in [-0.05, 0) is 66.6 Å². The Bertz CT molecular complexity index is 1660. The Morgan fingerprint density at radius 2 is 1.71 bits per heavy atom. The predicted molar refractivity (Wildman–Crippen MR) is 162 cm³/mol. The third kappa shape index (κ3) is 8.12. The van der Waals surface area contributed by atoms with Gasteiger partial charge in [0.25, 0.3) is 0 Å². The zero-order valence-corrected chi connectivity index (χ0v) is 24.6. The number of alkyl halides is 3. The topological polar surface area (TPSA) is 113 Å². The molecule has 45 heavy (non-hydrogen) atoms. The molecule has 0 spiro atoms. The van der Waals surface area contributed by atoms with Crippen molar-refractivity contribution in [2.24, 2.45) is 4.99 Å². The summed E-state index contributed by atoms with van der Waals surface area (Å²) in [5, 5.41) is 4.81. The highest BCUT2D eigenvalue weighted by Gasteiger charge is 2.39. The van der Waals surface area contributed by atoms with E-state index in [4.69, 9.17) is 9.15 Å². The standard InChI is InChI=1S/C32H27F3N4O5S/c1-20(36-31(42)44-19-21-6-3-2-4-7-21)28(40)37-24-13-9-22(10-14-24)27-29(41)39(18-26-8-5-17-43-26)30(45-27)38-25-15-11-23(12-16-25)32(33,34)35/h2-17,20,27H,18-19H2,1H3,(H,36,42)(H,37,40)/t20-,27?/m1/s1. The molecule has 1 fully saturated rings. The number of nitrogens with one attached hydrogen (secondary N) is 2. The number of halogens is 3. The number of nitrogens with zero attached hydrogens (tertiary/aromatic N) is 2. The first-order chi connectivity index (χ1) is 21.6. The lowest BCUT2D eigenvalue weighted by Gasteiger charge is -2.16. The maximum absolute atomic E-state index is 13.5. The SMILES string of the molecule is C[C@@H](NC(=O)OCc1ccccc1)C(=O)Nc1ccc(C2SC(=Nc3ccc(C(F)(F)F)cc3)N(Cc3ccco3)C2=O)cc1. The van der Waals surface area contributed by atoms with E-state index in [1.54, 1.807) is 36.4 Å². The van der Waals surface area contributed by atoms with E-state index < -0.39 is 35.0 Å². The van der Waals surface area contributed by atoms with E-state index in [2.05, 4.69) is 15.6 Å². The van der Waals surface area contributed by atoms with Gasteiger partial charge in [0, 0.05) is 5.69 Å². The van der Waals surface area contributed by atoms with Crippen LogP contribution in [0.3, 0.4) is 0 Å². The summed E-state index contributed by atoms with van der Waals surface area (Å²) in [5.74, 6) is -0.249. The molecule has 2 atom stereocenters. The molecule has 0 radical (unpaired) electrons. The van der Waals surface area contributed by atoms with Gasteiger partial charge in [-0.2, -0.15) is 13.2 Å². The molecule has 3 amide bonds. The second kappa shape index (κ2) is 13.7. The van der Waals surface area contributed by atoms with Gasteiger partial charge in [-0.25, -0.2) is 9.79 Å². The number of carbonyl (C=O) groups is 3. The molecule has 3 aromatic carbocycles. The molecule has 1 aliphatic rings. The average Bonchev–Trinajstić information content (AvgIpc) is 3.65. The van der Waals surface area contributed by atoms with Gasteiger partial charge < -0.3 is 19.8 Å². The van der Waals surface area contributed by atoms with Gasteiger partial charge in [0.1, 0.15) is 23.7 Å². The number of hydrogen-bond donors (Lipinski definition) is 2. The summed E-state index contributed by atoms with van der Waals surface area (Å²) in [4.78, 5) is 44.2. The predicted octanol–water partition coefficient (Wildman–Crippen LogP) is 7.06. The number of ether oxygens (including phenoxy) is 1. The third-order valence-electron chi connectivity index (χ3n) is 6.68. The van der Waals surface area contributed by atoms with Crippen LogP contribution in [-0.2, 0) is 33.7 Å². The van der Waals surface area contributed by atoms with Gasteiger partial charge in [-0.3, -0.25) is 14.5 Å². The van der Waals surface area contributed by atoms with Gasteiger partial charge in [0.15, 0.2) is 5.17 Å². The Kier molecular flexibility index (Phi) is 9.57. The van der Waals surface area contributed by atoms with Crippen molar-refractivity contribution < 1.29 is 36.7 Å². The van der Waals surface area contributed by atoms with Crippen molar-refractivity contribution in [1.82, 2.24) is 10.2 Å². The maximum atomic E-state index is 13.5. The van der Waals surface area contributed by atoms with E-state index in [-0.39, 0.29) is 24.7 Å². The van der Waals surface area contributed by atoms with Gasteiger partial charge in [0.2, 0.25) is 11.8 Å². The highest BCUT2D eigenvalue weighted by atomic mass is 32.2. The summed E-state index contributed by atoms with van der Waals surface area (Å²) in [6.45, 7) is 1.67. The molecule has 2 N–H and O–H groups in total. The quantitative estimate of drug-likeness (QED) is 0.204. The molecule has 232 valence electrons. The molecule has 1 unspecified atom stereocenters. The second-order valence-electron chi connectivity index (χ2n) is 9.98. The number of amides is 3. The van der Waals surface area contributed by atoms with Crippen molar-refractivity contribution in [2.75, 3.05) is 5.32 Å². The molecule has 9 nitrogen and oxygen atoms in total. The zero-order valence-electron chi connectivity index (χ0n) is 23.8. The van der Waals surface area contributed by atoms with Crippen LogP contribution in [0, 0.1) is 0 Å². The lowest BCUT2D eigenvalue weighted by molar-refractivity contribution is -0.137. The van der Waals surface area contributed by atoms with Crippen LogP contribution in [0.2, 0.25) is 0 Å². The molecule has 0 saturated carbocycles. The first-order valence-electron chi connectivity index (χ1n) is 13.7. The van der Waals surface area contributed by atoms with Crippen LogP contribution < -0.4 is 10.6 Å². The van der Waals surface area contributed by atoms with Gasteiger partial charge in [-0.1, -0.05) is 54.2 Å². The monoisotopic (exact) mass is 636 g/mol. The van der Waals surface area contributed by atoms with E-state index in [1.165, 1.54) is 30.2 Å². The number of alkyl carbamates (subject to hydrolysis) is 1. The number of benzene rings is 3. The highest BCUT2D eigenvalue weighted by Crippen LogP contribution is 2.41. The largest absolute Gasteiger partial charge is 0.467 e. The maximum Gasteiger partial charge on any atom is 0.416 e. The number of furan rings is 1. The molecule has 1 saturated heterocycles. The molecule has 5 rings (SSSR count). The molecule has 1 aliphatic heterocycles. The van der Waals surface area contributed by atoms with Crippen molar-refractivity contribution >= 4 is 46.2 Å². The first-order valence-corrected chi connectivity index (χ1v) is 14.6. The number of thioether (sulfide) groups is 1. The number of amidine groups is 1. The molecule has 2 heterocycles. The Morgan fingerprint density at radius 3 is 2.36 bits per heavy atom. The molecule has 13 heteroatoms. The van der Waals surface area contributed by atoms with Crippen molar-refractivity contribution in [3.8, 4) is 0 Å². The second-order valence-corrected chi connectivity index (χ2v) is 11.1. The van der Waals surface area contributed by atoms with Crippen LogP contribution in [0.5, 0.6) is 0 Å². The molecular weight excluding hydrogens is 609 g/mol. The molecule has 0 bridgehead atoms. The molecular formula is C32H27F3N4O5S. The van der Waals surface area contributed by atoms with E-state index >= 15 is 0 Å². The van der Waals surface area contributed by atoms with Crippen molar-refractivity contribution in [1.29, 1.82) is 0 Å². The van der Waals surface area contributed by atoms with E-state index in [1.807, 2.05) is 30.3 Å². The lowest BCUT2D eigenvalue weighted by atomic mass is 10.1. The fourth-order valence-corrected chi connectivity index (χ4v) is 5.46. The number of aliphatic imine (C=N–C) groups is 1. The fraction of sp³-hybridized carbons (Fsp3) is 0.188. The normalized spacial score (nSPS) is 16.4. The molecule has 4 aromatic rings. The van der Waals surface area contributed by atoms with Crippen LogP contribution >= 0.6 is 11.8 Å². The molecule has 1 aromatic heterocycles. The Labute approximate surface area is 260 Å². The smallest absolute Gasteiger partial charge is 0.416 e. The number of hydrogen-bond acceptors (Lipinski definition) is 7. The summed E-state index contributed by atoms with van der Waals surface area (Å²) in [7, 11) is 0. The minimum Gasteiger partial charge on any atom is -0.467 e. The summed E-state index contributed by atoms with van der Waals surface area (Å²) >= 11 is 1.15. The van der Waals surface area contributed by atoms with Crippen LogP contribution in [-0.4, -0.2) is 34.0 Å². The van der Waals surface area contributed by atoms with Crippen molar-refractivity contribution in [2.45, 2.75) is 37.5 Å².